The van der Waals surface area contributed by atoms with Crippen molar-refractivity contribution in [2.45, 2.75) is 53.6 Å². The second kappa shape index (κ2) is 8.48. The molecule has 0 aliphatic heterocycles. The van der Waals surface area contributed by atoms with Gasteiger partial charge in [-0.15, -0.1) is 0 Å². The molecule has 0 bridgehead atoms. The third-order valence-electron chi connectivity index (χ3n) is 3.56. The van der Waals surface area contributed by atoms with Crippen LogP contribution < -0.4 is 10.2 Å². The molecule has 0 saturated heterocycles. The zero-order valence-corrected chi connectivity index (χ0v) is 14.2. The smallest absolute Gasteiger partial charge is 0.128 e. The first-order valence-electron chi connectivity index (χ1n) is 7.60. The third-order valence-corrected chi connectivity index (χ3v) is 3.90. The molecule has 1 aromatic rings. The van der Waals surface area contributed by atoms with Gasteiger partial charge in [0.15, 0.2) is 0 Å². The Kier molecular flexibility index (Phi) is 7.31. The first-order chi connectivity index (χ1) is 9.47. The minimum absolute atomic E-state index is 0.449. The van der Waals surface area contributed by atoms with Crippen molar-refractivity contribution in [3.63, 3.8) is 0 Å². The van der Waals surface area contributed by atoms with Crippen molar-refractivity contribution < 1.29 is 0 Å². The third kappa shape index (κ3) is 5.29. The average molecular weight is 298 g/mol. The molecule has 0 radical (unpaired) electrons. The molecule has 1 aromatic heterocycles. The van der Waals surface area contributed by atoms with Crippen LogP contribution in [0.2, 0.25) is 5.02 Å². The fourth-order valence-electron chi connectivity index (χ4n) is 1.98. The summed E-state index contributed by atoms with van der Waals surface area (Å²) in [6.07, 6.45) is 2.96. The minimum Gasteiger partial charge on any atom is -0.357 e. The van der Waals surface area contributed by atoms with Gasteiger partial charge in [-0.25, -0.2) is 4.98 Å². The van der Waals surface area contributed by atoms with Crippen molar-refractivity contribution in [2.24, 2.45) is 5.92 Å². The van der Waals surface area contributed by atoms with Crippen LogP contribution in [0.15, 0.2) is 12.3 Å². The zero-order chi connectivity index (χ0) is 15.1. The van der Waals surface area contributed by atoms with Gasteiger partial charge < -0.3 is 10.2 Å². The van der Waals surface area contributed by atoms with Gasteiger partial charge >= 0.3 is 0 Å². The van der Waals surface area contributed by atoms with Crippen LogP contribution in [-0.2, 0) is 6.54 Å². The van der Waals surface area contributed by atoms with Gasteiger partial charge in [-0.3, -0.25) is 0 Å². The molecule has 1 rings (SSSR count). The molecule has 1 heterocycles. The van der Waals surface area contributed by atoms with Crippen molar-refractivity contribution >= 4 is 17.4 Å². The Balaban J connectivity index is 2.85. The van der Waals surface area contributed by atoms with Crippen LogP contribution in [0.1, 0.15) is 46.6 Å². The van der Waals surface area contributed by atoms with Gasteiger partial charge in [-0.2, -0.15) is 0 Å². The highest BCUT2D eigenvalue weighted by molar-refractivity contribution is 6.31. The van der Waals surface area contributed by atoms with Crippen LogP contribution in [0.5, 0.6) is 0 Å². The topological polar surface area (TPSA) is 28.2 Å². The highest BCUT2D eigenvalue weighted by atomic mass is 35.5. The van der Waals surface area contributed by atoms with E-state index in [-0.39, 0.29) is 0 Å². The Hall–Kier alpha value is -0.800. The standard InChI is InChI=1S/C16H28ClN3/c1-6-13(5)11-20(7-2)16-8-14(9-18-12(3)4)15(17)10-19-16/h8,10,12-13,18H,6-7,9,11H2,1-5H3. The van der Waals surface area contributed by atoms with Crippen molar-refractivity contribution in [3.8, 4) is 0 Å². The quantitative estimate of drug-likeness (QED) is 0.783. The zero-order valence-electron chi connectivity index (χ0n) is 13.4. The summed E-state index contributed by atoms with van der Waals surface area (Å²) in [6, 6.07) is 2.56. The first-order valence-corrected chi connectivity index (χ1v) is 7.98. The normalized spacial score (nSPS) is 12.8. The molecule has 0 aliphatic carbocycles. The molecule has 114 valence electrons. The molecule has 3 nitrogen and oxygen atoms in total. The number of nitrogens with zero attached hydrogens (tertiary/aromatic N) is 2. The average Bonchev–Trinajstić information content (AvgIpc) is 2.43. The van der Waals surface area contributed by atoms with E-state index in [1.807, 2.05) is 0 Å². The summed E-state index contributed by atoms with van der Waals surface area (Å²) in [4.78, 5) is 6.81. The number of hydrogen-bond acceptors (Lipinski definition) is 3. The summed E-state index contributed by atoms with van der Waals surface area (Å²) in [5.74, 6) is 1.70. The van der Waals surface area contributed by atoms with E-state index in [1.165, 1.54) is 6.42 Å². The van der Waals surface area contributed by atoms with Crippen molar-refractivity contribution in [2.75, 3.05) is 18.0 Å². The van der Waals surface area contributed by atoms with E-state index in [0.29, 0.717) is 12.0 Å². The highest BCUT2D eigenvalue weighted by Gasteiger charge is 2.12. The lowest BCUT2D eigenvalue weighted by atomic mass is 10.1. The molecule has 1 N–H and O–H groups in total. The molecule has 0 amide bonds. The molecular weight excluding hydrogens is 270 g/mol. The van der Waals surface area contributed by atoms with Crippen molar-refractivity contribution in [1.82, 2.24) is 10.3 Å². The number of pyridine rings is 1. The number of rotatable bonds is 8. The number of nitrogens with one attached hydrogen (secondary N) is 1. The van der Waals surface area contributed by atoms with Crippen LogP contribution in [0.25, 0.3) is 0 Å². The van der Waals surface area contributed by atoms with E-state index in [1.54, 1.807) is 6.20 Å². The Morgan fingerprint density at radius 3 is 2.55 bits per heavy atom. The Labute approximate surface area is 128 Å². The summed E-state index contributed by atoms with van der Waals surface area (Å²) in [5, 5.41) is 4.15. The largest absolute Gasteiger partial charge is 0.357 e. The second-order valence-corrected chi connectivity index (χ2v) is 6.13. The maximum atomic E-state index is 6.24. The first kappa shape index (κ1) is 17.3. The van der Waals surface area contributed by atoms with Crippen LogP contribution in [-0.4, -0.2) is 24.1 Å². The Morgan fingerprint density at radius 2 is 2.00 bits per heavy atom. The summed E-state index contributed by atoms with van der Waals surface area (Å²) < 4.78 is 0. The van der Waals surface area contributed by atoms with Crippen molar-refractivity contribution in [3.05, 3.63) is 22.8 Å². The molecule has 1 unspecified atom stereocenters. The van der Waals surface area contributed by atoms with Gasteiger partial charge in [-0.1, -0.05) is 45.7 Å². The van der Waals surface area contributed by atoms with Gasteiger partial charge in [0, 0.05) is 31.9 Å². The lowest BCUT2D eigenvalue weighted by Gasteiger charge is -2.25. The molecule has 1 atom stereocenters. The van der Waals surface area contributed by atoms with Crippen LogP contribution in [0.4, 0.5) is 5.82 Å². The lowest BCUT2D eigenvalue weighted by molar-refractivity contribution is 0.545. The van der Waals surface area contributed by atoms with Crippen molar-refractivity contribution in [1.29, 1.82) is 0 Å². The summed E-state index contributed by atoms with van der Waals surface area (Å²) in [6.45, 7) is 13.7. The van der Waals surface area contributed by atoms with Gasteiger partial charge in [0.05, 0.1) is 5.02 Å². The van der Waals surface area contributed by atoms with Gasteiger partial charge in [0.25, 0.3) is 0 Å². The predicted molar refractivity (Wildman–Crippen MR) is 88.6 cm³/mol. The molecule has 0 spiro atoms. The van der Waals surface area contributed by atoms with E-state index in [4.69, 9.17) is 11.6 Å². The SMILES string of the molecule is CCC(C)CN(CC)c1cc(CNC(C)C)c(Cl)cn1. The van der Waals surface area contributed by atoms with Crippen LogP contribution in [0.3, 0.4) is 0 Å². The van der Waals surface area contributed by atoms with Gasteiger partial charge in [-0.05, 0) is 24.5 Å². The lowest BCUT2D eigenvalue weighted by Crippen LogP contribution is -2.29. The van der Waals surface area contributed by atoms with E-state index in [0.717, 1.165) is 36.0 Å². The van der Waals surface area contributed by atoms with E-state index >= 15 is 0 Å². The Morgan fingerprint density at radius 1 is 1.30 bits per heavy atom. The molecule has 4 heteroatoms. The molecule has 0 saturated carbocycles. The van der Waals surface area contributed by atoms with E-state index in [9.17, 15) is 0 Å². The molecular formula is C16H28ClN3. The summed E-state index contributed by atoms with van der Waals surface area (Å²) in [7, 11) is 0. The van der Waals surface area contributed by atoms with E-state index < -0.39 is 0 Å². The fraction of sp³-hybridized carbons (Fsp3) is 0.688. The maximum absolute atomic E-state index is 6.24. The fourth-order valence-corrected chi connectivity index (χ4v) is 2.15. The van der Waals surface area contributed by atoms with E-state index in [2.05, 4.69) is 55.9 Å². The number of anilines is 1. The van der Waals surface area contributed by atoms with Crippen LogP contribution in [0, 0.1) is 5.92 Å². The summed E-state index contributed by atoms with van der Waals surface area (Å²) >= 11 is 6.24. The number of hydrogen-bond donors (Lipinski definition) is 1. The number of aromatic nitrogens is 1. The van der Waals surface area contributed by atoms with Gasteiger partial charge in [0.2, 0.25) is 0 Å². The van der Waals surface area contributed by atoms with Crippen LogP contribution >= 0.6 is 11.6 Å². The highest BCUT2D eigenvalue weighted by Crippen LogP contribution is 2.21. The summed E-state index contributed by atoms with van der Waals surface area (Å²) in [5.41, 5.74) is 1.12. The monoisotopic (exact) mass is 297 g/mol. The second-order valence-electron chi connectivity index (χ2n) is 5.72. The van der Waals surface area contributed by atoms with Gasteiger partial charge in [0.1, 0.15) is 5.82 Å². The number of halogens is 1. The molecule has 0 aliphatic rings. The maximum Gasteiger partial charge on any atom is 0.128 e. The Bertz CT molecular complexity index is 407. The minimum atomic E-state index is 0.449. The molecule has 0 fully saturated rings. The molecule has 0 aromatic carbocycles. The predicted octanol–water partition coefficient (Wildman–Crippen LogP) is 4.11. The molecule has 20 heavy (non-hydrogen) atoms.